The number of piperidine rings is 1. The number of benzene rings is 1. The van der Waals surface area contributed by atoms with E-state index < -0.39 is 0 Å². The normalized spacial score (nSPS) is 24.0. The van der Waals surface area contributed by atoms with Gasteiger partial charge in [-0.05, 0) is 51.3 Å². The van der Waals surface area contributed by atoms with Crippen LogP contribution >= 0.6 is 0 Å². The lowest BCUT2D eigenvalue weighted by atomic mass is 9.94. The van der Waals surface area contributed by atoms with Gasteiger partial charge in [0, 0.05) is 32.1 Å². The van der Waals surface area contributed by atoms with E-state index in [-0.39, 0.29) is 36.5 Å². The second kappa shape index (κ2) is 8.74. The SMILES string of the molecule is Cc1cccc(OCC(=O)N2CCC(C(=O)N3C[C@@H](C)O[C@H](C)C3)CC2)c1. The number of carbonyl (C=O) groups is 2. The number of likely N-dealkylation sites (tertiary alicyclic amines) is 1. The minimum Gasteiger partial charge on any atom is -0.484 e. The summed E-state index contributed by atoms with van der Waals surface area (Å²) in [7, 11) is 0. The van der Waals surface area contributed by atoms with Crippen LogP contribution in [-0.4, -0.2) is 66.6 Å². The van der Waals surface area contributed by atoms with Gasteiger partial charge in [0.2, 0.25) is 5.91 Å². The van der Waals surface area contributed by atoms with Crippen LogP contribution < -0.4 is 4.74 Å². The van der Waals surface area contributed by atoms with Gasteiger partial charge in [-0.2, -0.15) is 0 Å². The fraction of sp³-hybridized carbons (Fsp3) is 0.619. The molecule has 6 nitrogen and oxygen atoms in total. The molecule has 0 saturated carbocycles. The molecule has 2 amide bonds. The van der Waals surface area contributed by atoms with Crippen molar-refractivity contribution in [1.29, 1.82) is 0 Å². The van der Waals surface area contributed by atoms with E-state index in [1.807, 2.05) is 54.8 Å². The Balaban J connectivity index is 1.45. The first-order valence-electron chi connectivity index (χ1n) is 9.84. The third-order valence-electron chi connectivity index (χ3n) is 5.28. The minimum absolute atomic E-state index is 0.00393. The molecule has 0 bridgehead atoms. The van der Waals surface area contributed by atoms with Crippen LogP contribution in [0.25, 0.3) is 0 Å². The molecule has 2 saturated heterocycles. The van der Waals surface area contributed by atoms with Gasteiger partial charge in [0.15, 0.2) is 6.61 Å². The lowest BCUT2D eigenvalue weighted by Gasteiger charge is -2.39. The van der Waals surface area contributed by atoms with Gasteiger partial charge in [-0.25, -0.2) is 0 Å². The Kier molecular flexibility index (Phi) is 6.37. The van der Waals surface area contributed by atoms with Crippen LogP contribution in [0.5, 0.6) is 5.75 Å². The molecule has 1 aromatic rings. The third kappa shape index (κ3) is 5.22. The smallest absolute Gasteiger partial charge is 0.260 e. The fourth-order valence-electron chi connectivity index (χ4n) is 3.93. The summed E-state index contributed by atoms with van der Waals surface area (Å²) >= 11 is 0. The van der Waals surface area contributed by atoms with E-state index in [9.17, 15) is 9.59 Å². The third-order valence-corrected chi connectivity index (χ3v) is 5.28. The summed E-state index contributed by atoms with van der Waals surface area (Å²) in [4.78, 5) is 29.0. The largest absolute Gasteiger partial charge is 0.484 e. The summed E-state index contributed by atoms with van der Waals surface area (Å²) in [6.45, 7) is 8.59. The molecular formula is C21H30N2O4. The van der Waals surface area contributed by atoms with E-state index >= 15 is 0 Å². The highest BCUT2D eigenvalue weighted by Crippen LogP contribution is 2.22. The number of hydrogen-bond donors (Lipinski definition) is 0. The standard InChI is InChI=1S/C21H30N2O4/c1-15-5-4-6-19(11-15)26-14-20(24)22-9-7-18(8-10-22)21(25)23-12-16(2)27-17(3)13-23/h4-6,11,16-18H,7-10,12-14H2,1-3H3/t16-,17-/m1/s1. The molecular weight excluding hydrogens is 344 g/mol. The number of carbonyl (C=O) groups excluding carboxylic acids is 2. The molecule has 1 aromatic carbocycles. The Hall–Kier alpha value is -2.08. The highest BCUT2D eigenvalue weighted by molar-refractivity contribution is 5.81. The van der Waals surface area contributed by atoms with Crippen LogP contribution in [0, 0.1) is 12.8 Å². The molecule has 0 spiro atoms. The van der Waals surface area contributed by atoms with Crippen molar-refractivity contribution in [2.75, 3.05) is 32.8 Å². The zero-order valence-corrected chi connectivity index (χ0v) is 16.5. The summed E-state index contributed by atoms with van der Waals surface area (Å²) < 4.78 is 11.3. The Morgan fingerprint density at radius 3 is 2.41 bits per heavy atom. The molecule has 27 heavy (non-hydrogen) atoms. The molecule has 0 unspecified atom stereocenters. The average Bonchev–Trinajstić information content (AvgIpc) is 2.65. The number of aryl methyl sites for hydroxylation is 1. The lowest BCUT2D eigenvalue weighted by molar-refractivity contribution is -0.150. The van der Waals surface area contributed by atoms with Crippen molar-refractivity contribution >= 4 is 11.8 Å². The Morgan fingerprint density at radius 2 is 1.78 bits per heavy atom. The van der Waals surface area contributed by atoms with Crippen LogP contribution in [-0.2, 0) is 14.3 Å². The van der Waals surface area contributed by atoms with Crippen LogP contribution in [0.2, 0.25) is 0 Å². The molecule has 3 rings (SSSR count). The maximum atomic E-state index is 12.8. The summed E-state index contributed by atoms with van der Waals surface area (Å²) in [6.07, 6.45) is 1.60. The van der Waals surface area contributed by atoms with Crippen molar-refractivity contribution < 1.29 is 19.1 Å². The average molecular weight is 374 g/mol. The van der Waals surface area contributed by atoms with Gasteiger partial charge < -0.3 is 19.3 Å². The lowest BCUT2D eigenvalue weighted by Crippen LogP contribution is -2.52. The van der Waals surface area contributed by atoms with E-state index in [2.05, 4.69) is 0 Å². The summed E-state index contributed by atoms with van der Waals surface area (Å²) in [5.41, 5.74) is 1.10. The van der Waals surface area contributed by atoms with Gasteiger partial charge in [0.05, 0.1) is 12.2 Å². The van der Waals surface area contributed by atoms with Gasteiger partial charge in [-0.15, -0.1) is 0 Å². The second-order valence-corrected chi connectivity index (χ2v) is 7.76. The molecule has 6 heteroatoms. The quantitative estimate of drug-likeness (QED) is 0.811. The van der Waals surface area contributed by atoms with Crippen LogP contribution in [0.3, 0.4) is 0 Å². The second-order valence-electron chi connectivity index (χ2n) is 7.76. The van der Waals surface area contributed by atoms with E-state index in [0.717, 1.165) is 18.4 Å². The van der Waals surface area contributed by atoms with Crippen molar-refractivity contribution in [2.24, 2.45) is 5.92 Å². The monoisotopic (exact) mass is 374 g/mol. The Bertz CT molecular complexity index is 660. The molecule has 148 valence electrons. The molecule has 2 fully saturated rings. The highest BCUT2D eigenvalue weighted by atomic mass is 16.5. The van der Waals surface area contributed by atoms with Gasteiger partial charge in [-0.1, -0.05) is 12.1 Å². The summed E-state index contributed by atoms with van der Waals surface area (Å²) in [6, 6.07) is 7.68. The molecule has 0 N–H and O–H groups in total. The van der Waals surface area contributed by atoms with Gasteiger partial charge >= 0.3 is 0 Å². The number of morpholine rings is 1. The number of ether oxygens (including phenoxy) is 2. The van der Waals surface area contributed by atoms with Crippen molar-refractivity contribution in [1.82, 2.24) is 9.80 Å². The van der Waals surface area contributed by atoms with Crippen LogP contribution in [0.1, 0.15) is 32.3 Å². The number of rotatable bonds is 4. The molecule has 0 radical (unpaired) electrons. The zero-order chi connectivity index (χ0) is 19.4. The predicted octanol–water partition coefficient (Wildman–Crippen LogP) is 2.25. The van der Waals surface area contributed by atoms with Gasteiger partial charge in [-0.3, -0.25) is 9.59 Å². The van der Waals surface area contributed by atoms with Gasteiger partial charge in [0.25, 0.3) is 5.91 Å². The Morgan fingerprint density at radius 1 is 1.11 bits per heavy atom. The zero-order valence-electron chi connectivity index (χ0n) is 16.5. The van der Waals surface area contributed by atoms with E-state index in [0.29, 0.717) is 31.9 Å². The Labute approximate surface area is 161 Å². The van der Waals surface area contributed by atoms with Crippen LogP contribution in [0.15, 0.2) is 24.3 Å². The van der Waals surface area contributed by atoms with Gasteiger partial charge in [0.1, 0.15) is 5.75 Å². The number of hydrogen-bond acceptors (Lipinski definition) is 4. The topological polar surface area (TPSA) is 59.1 Å². The molecule has 0 aliphatic carbocycles. The summed E-state index contributed by atoms with van der Waals surface area (Å²) in [5, 5.41) is 0. The first kappa shape index (κ1) is 19.7. The minimum atomic E-state index is -0.0176. The first-order valence-corrected chi connectivity index (χ1v) is 9.84. The van der Waals surface area contributed by atoms with E-state index in [4.69, 9.17) is 9.47 Å². The molecule has 2 atom stereocenters. The van der Waals surface area contributed by atoms with Crippen LogP contribution in [0.4, 0.5) is 0 Å². The highest BCUT2D eigenvalue weighted by Gasteiger charge is 2.33. The van der Waals surface area contributed by atoms with Crippen molar-refractivity contribution in [3.8, 4) is 5.75 Å². The molecule has 2 aliphatic heterocycles. The fourth-order valence-corrected chi connectivity index (χ4v) is 3.93. The predicted molar refractivity (Wildman–Crippen MR) is 103 cm³/mol. The van der Waals surface area contributed by atoms with E-state index in [1.54, 1.807) is 0 Å². The van der Waals surface area contributed by atoms with E-state index in [1.165, 1.54) is 0 Å². The van der Waals surface area contributed by atoms with Crippen molar-refractivity contribution in [2.45, 2.75) is 45.8 Å². The number of amides is 2. The maximum Gasteiger partial charge on any atom is 0.260 e. The van der Waals surface area contributed by atoms with Crippen molar-refractivity contribution in [3.63, 3.8) is 0 Å². The molecule has 2 heterocycles. The molecule has 0 aromatic heterocycles. The first-order chi connectivity index (χ1) is 12.9. The number of nitrogens with zero attached hydrogens (tertiary/aromatic N) is 2. The van der Waals surface area contributed by atoms with Crippen molar-refractivity contribution in [3.05, 3.63) is 29.8 Å². The maximum absolute atomic E-state index is 12.8. The molecule has 2 aliphatic rings. The summed E-state index contributed by atoms with van der Waals surface area (Å²) in [5.74, 6) is 0.907.